The standard InChI is InChI=1S/C28H32N6O/c1-2-3-15-30-28(35)23(21-29)26-27(32-25-14-8-7-13-24(25)31-26)34-19-17-33(18-20-34)16-9-12-22-10-5-4-6-11-22/h4-14,23H,2-3,15-20H2,1H3,(H,30,35)/b12-9+/t23-/m0/s1. The number of nitrogens with one attached hydrogen (secondary N) is 1. The summed E-state index contributed by atoms with van der Waals surface area (Å²) in [4.78, 5) is 27.1. The van der Waals surface area contributed by atoms with Crippen LogP contribution in [0.2, 0.25) is 0 Å². The van der Waals surface area contributed by atoms with Gasteiger partial charge in [-0.3, -0.25) is 9.69 Å². The Labute approximate surface area is 207 Å². The first-order valence-electron chi connectivity index (χ1n) is 12.3. The number of carbonyl (C=O) groups excluding carboxylic acids is 1. The number of amides is 1. The molecular weight excluding hydrogens is 436 g/mol. The minimum atomic E-state index is -0.995. The van der Waals surface area contributed by atoms with Gasteiger partial charge < -0.3 is 10.2 Å². The summed E-state index contributed by atoms with van der Waals surface area (Å²) in [5.41, 5.74) is 3.10. The SMILES string of the molecule is CCCCNC(=O)[C@@H](C#N)c1nc2ccccc2nc1N1CCN(C/C=C/c2ccccc2)CC1. The molecule has 0 spiro atoms. The van der Waals surface area contributed by atoms with Crippen LogP contribution < -0.4 is 10.2 Å². The second kappa shape index (κ2) is 12.1. The van der Waals surface area contributed by atoms with Gasteiger partial charge in [0.05, 0.1) is 17.1 Å². The Morgan fingerprint density at radius 3 is 2.43 bits per heavy atom. The molecule has 7 heteroatoms. The number of unbranched alkanes of at least 4 members (excludes halogenated alkanes) is 1. The predicted molar refractivity (Wildman–Crippen MR) is 140 cm³/mol. The maximum atomic E-state index is 12.9. The number of carbonyl (C=O) groups is 1. The molecule has 0 aliphatic carbocycles. The first kappa shape index (κ1) is 24.4. The van der Waals surface area contributed by atoms with Gasteiger partial charge in [-0.1, -0.05) is 68.0 Å². The Bertz CT molecular complexity index is 1200. The zero-order valence-corrected chi connectivity index (χ0v) is 20.2. The number of anilines is 1. The van der Waals surface area contributed by atoms with Crippen molar-refractivity contribution in [2.75, 3.05) is 44.2 Å². The van der Waals surface area contributed by atoms with Crippen LogP contribution in [0.3, 0.4) is 0 Å². The Balaban J connectivity index is 1.50. The number of para-hydroxylation sites is 2. The van der Waals surface area contributed by atoms with Crippen molar-refractivity contribution < 1.29 is 4.79 Å². The van der Waals surface area contributed by atoms with Crippen LogP contribution in [0.25, 0.3) is 17.1 Å². The molecule has 1 saturated heterocycles. The fraction of sp³-hybridized carbons (Fsp3) is 0.357. The number of aromatic nitrogens is 2. The summed E-state index contributed by atoms with van der Waals surface area (Å²) in [5, 5.41) is 12.8. The molecule has 1 fully saturated rings. The van der Waals surface area contributed by atoms with Gasteiger partial charge in [0.25, 0.3) is 0 Å². The van der Waals surface area contributed by atoms with E-state index in [0.29, 0.717) is 23.6 Å². The normalized spacial score (nSPS) is 15.3. The lowest BCUT2D eigenvalue weighted by atomic mass is 10.0. The molecule has 1 N–H and O–H groups in total. The van der Waals surface area contributed by atoms with Crippen molar-refractivity contribution in [2.24, 2.45) is 0 Å². The first-order valence-corrected chi connectivity index (χ1v) is 12.3. The van der Waals surface area contributed by atoms with Crippen LogP contribution in [-0.4, -0.2) is 60.0 Å². The Hall–Kier alpha value is -3.76. The van der Waals surface area contributed by atoms with Crippen LogP contribution in [0.5, 0.6) is 0 Å². The van der Waals surface area contributed by atoms with Crippen molar-refractivity contribution >= 4 is 28.8 Å². The van der Waals surface area contributed by atoms with Crippen LogP contribution in [0.15, 0.2) is 60.7 Å². The average Bonchev–Trinajstić information content (AvgIpc) is 2.90. The summed E-state index contributed by atoms with van der Waals surface area (Å²) in [6.45, 7) is 6.75. The fourth-order valence-electron chi connectivity index (χ4n) is 4.21. The summed E-state index contributed by atoms with van der Waals surface area (Å²) < 4.78 is 0. The van der Waals surface area contributed by atoms with Gasteiger partial charge in [0, 0.05) is 39.3 Å². The molecule has 35 heavy (non-hydrogen) atoms. The van der Waals surface area contributed by atoms with Gasteiger partial charge >= 0.3 is 0 Å². The second-order valence-corrected chi connectivity index (χ2v) is 8.73. The van der Waals surface area contributed by atoms with Gasteiger partial charge in [-0.15, -0.1) is 0 Å². The number of nitrogens with zero attached hydrogens (tertiary/aromatic N) is 5. The molecule has 1 aromatic heterocycles. The summed E-state index contributed by atoms with van der Waals surface area (Å²) >= 11 is 0. The van der Waals surface area contributed by atoms with Crippen molar-refractivity contribution in [1.29, 1.82) is 5.26 Å². The fourth-order valence-corrected chi connectivity index (χ4v) is 4.21. The van der Waals surface area contributed by atoms with Gasteiger partial charge in [0.1, 0.15) is 5.69 Å². The Kier molecular flexibility index (Phi) is 8.42. The summed E-state index contributed by atoms with van der Waals surface area (Å²) in [6, 6.07) is 20.1. The number of piperazine rings is 1. The van der Waals surface area contributed by atoms with Crippen LogP contribution in [0.1, 0.15) is 36.9 Å². The van der Waals surface area contributed by atoms with Gasteiger partial charge in [-0.25, -0.2) is 9.97 Å². The lowest BCUT2D eigenvalue weighted by molar-refractivity contribution is -0.121. The van der Waals surface area contributed by atoms with E-state index in [1.54, 1.807) is 0 Å². The van der Waals surface area contributed by atoms with E-state index in [0.717, 1.165) is 51.1 Å². The minimum Gasteiger partial charge on any atom is -0.355 e. The van der Waals surface area contributed by atoms with E-state index in [-0.39, 0.29) is 5.91 Å². The summed E-state index contributed by atoms with van der Waals surface area (Å²) in [7, 11) is 0. The molecule has 0 unspecified atom stereocenters. The van der Waals surface area contributed by atoms with Gasteiger partial charge in [0.2, 0.25) is 5.91 Å². The van der Waals surface area contributed by atoms with Crippen molar-refractivity contribution in [3.05, 3.63) is 71.9 Å². The highest BCUT2D eigenvalue weighted by Crippen LogP contribution is 2.28. The summed E-state index contributed by atoms with van der Waals surface area (Å²) in [6.07, 6.45) is 6.19. The molecule has 1 atom stereocenters. The molecule has 1 aliphatic heterocycles. The van der Waals surface area contributed by atoms with Crippen molar-refractivity contribution in [1.82, 2.24) is 20.2 Å². The Morgan fingerprint density at radius 1 is 1.06 bits per heavy atom. The highest BCUT2D eigenvalue weighted by molar-refractivity contribution is 5.88. The molecule has 4 rings (SSSR count). The van der Waals surface area contributed by atoms with E-state index >= 15 is 0 Å². The molecule has 0 saturated carbocycles. The summed E-state index contributed by atoms with van der Waals surface area (Å²) in [5.74, 6) is -0.664. The highest BCUT2D eigenvalue weighted by Gasteiger charge is 2.29. The number of hydrogen-bond acceptors (Lipinski definition) is 6. The van der Waals surface area contributed by atoms with Crippen LogP contribution in [0.4, 0.5) is 5.82 Å². The van der Waals surface area contributed by atoms with Gasteiger partial charge in [-0.2, -0.15) is 5.26 Å². The smallest absolute Gasteiger partial charge is 0.243 e. The molecule has 0 bridgehead atoms. The lowest BCUT2D eigenvalue weighted by Crippen LogP contribution is -2.47. The number of rotatable bonds is 9. The molecule has 0 radical (unpaired) electrons. The highest BCUT2D eigenvalue weighted by atomic mass is 16.1. The third-order valence-corrected chi connectivity index (χ3v) is 6.22. The van der Waals surface area contributed by atoms with Crippen LogP contribution in [0, 0.1) is 11.3 Å². The molecule has 7 nitrogen and oxygen atoms in total. The molecule has 1 amide bonds. The number of fused-ring (bicyclic) bond motifs is 1. The quantitative estimate of drug-likeness (QED) is 0.478. The predicted octanol–water partition coefficient (Wildman–Crippen LogP) is 3.99. The number of benzene rings is 2. The van der Waals surface area contributed by atoms with E-state index < -0.39 is 5.92 Å². The monoisotopic (exact) mass is 468 g/mol. The largest absolute Gasteiger partial charge is 0.355 e. The van der Waals surface area contributed by atoms with Crippen LogP contribution >= 0.6 is 0 Å². The maximum Gasteiger partial charge on any atom is 0.243 e. The zero-order valence-electron chi connectivity index (χ0n) is 20.2. The van der Waals surface area contributed by atoms with E-state index in [4.69, 9.17) is 9.97 Å². The second-order valence-electron chi connectivity index (χ2n) is 8.73. The van der Waals surface area contributed by atoms with E-state index in [2.05, 4.69) is 52.4 Å². The Morgan fingerprint density at radius 2 is 1.74 bits per heavy atom. The molecule has 2 aromatic carbocycles. The lowest BCUT2D eigenvalue weighted by Gasteiger charge is -2.35. The molecular formula is C28H32N6O. The molecule has 2 heterocycles. The first-order chi connectivity index (χ1) is 17.2. The van der Waals surface area contributed by atoms with E-state index in [1.807, 2.05) is 42.5 Å². The molecule has 180 valence electrons. The average molecular weight is 469 g/mol. The van der Waals surface area contributed by atoms with Crippen molar-refractivity contribution in [3.8, 4) is 6.07 Å². The molecule has 3 aromatic rings. The molecule has 1 aliphatic rings. The van der Waals surface area contributed by atoms with Gasteiger partial charge in [-0.05, 0) is 24.1 Å². The third kappa shape index (κ3) is 6.23. The van der Waals surface area contributed by atoms with Crippen LogP contribution in [-0.2, 0) is 4.79 Å². The van der Waals surface area contributed by atoms with E-state index in [9.17, 15) is 10.1 Å². The topological polar surface area (TPSA) is 85.1 Å². The number of nitriles is 1. The zero-order chi connectivity index (χ0) is 24.5. The minimum absolute atomic E-state index is 0.309. The van der Waals surface area contributed by atoms with E-state index in [1.165, 1.54) is 5.56 Å². The van der Waals surface area contributed by atoms with Crippen molar-refractivity contribution in [3.63, 3.8) is 0 Å². The van der Waals surface area contributed by atoms with Crippen molar-refractivity contribution in [2.45, 2.75) is 25.7 Å². The maximum absolute atomic E-state index is 12.9. The van der Waals surface area contributed by atoms with Gasteiger partial charge in [0.15, 0.2) is 11.7 Å². The number of hydrogen-bond donors (Lipinski definition) is 1. The third-order valence-electron chi connectivity index (χ3n) is 6.22.